The minimum Gasteiger partial charge on any atom is -0.369 e. The fourth-order valence-corrected chi connectivity index (χ4v) is 5.22. The van der Waals surface area contributed by atoms with Gasteiger partial charge in [-0.3, -0.25) is 14.4 Å². The lowest BCUT2D eigenvalue weighted by molar-refractivity contribution is -0.139. The maximum absolute atomic E-state index is 13.5. The van der Waals surface area contributed by atoms with E-state index in [4.69, 9.17) is 5.73 Å². The molecule has 0 aromatic heterocycles. The molecular weight excluding hydrogens is 519 g/mol. The number of nitrogens with zero attached hydrogens (tertiary/aromatic N) is 1. The van der Waals surface area contributed by atoms with Gasteiger partial charge in [0.05, 0.1) is 17.4 Å². The van der Waals surface area contributed by atoms with Gasteiger partial charge in [0, 0.05) is 13.1 Å². The van der Waals surface area contributed by atoms with Crippen LogP contribution in [0, 0.1) is 17.8 Å². The second-order valence-electron chi connectivity index (χ2n) is 10.9. The Morgan fingerprint density at radius 1 is 1.10 bits per heavy atom. The Kier molecular flexibility index (Phi) is 10.5. The topological polar surface area (TPSA) is 92.5 Å². The minimum absolute atomic E-state index is 0.140. The molecule has 1 fully saturated rings. The van der Waals surface area contributed by atoms with E-state index in [-0.39, 0.29) is 24.2 Å². The summed E-state index contributed by atoms with van der Waals surface area (Å²) in [6, 6.07) is 11.6. The summed E-state index contributed by atoms with van der Waals surface area (Å²) in [4.78, 5) is 40.8. The lowest BCUT2D eigenvalue weighted by Crippen LogP contribution is -2.50. The molecule has 1 aliphatic heterocycles. The molecule has 0 saturated carbocycles. The van der Waals surface area contributed by atoms with Gasteiger partial charge in [-0.15, -0.1) is 6.58 Å². The van der Waals surface area contributed by atoms with Crippen LogP contribution in [0.2, 0.25) is 0 Å². The third-order valence-electron chi connectivity index (χ3n) is 7.28. The average molecular weight is 558 g/mol. The molecule has 1 aliphatic rings. The maximum Gasteiger partial charge on any atom is 0.416 e. The van der Waals surface area contributed by atoms with Crippen molar-refractivity contribution < 1.29 is 27.6 Å². The Bertz CT molecular complexity index is 1190. The molecule has 6 nitrogen and oxygen atoms in total. The lowest BCUT2D eigenvalue weighted by Gasteiger charge is -2.29. The van der Waals surface area contributed by atoms with Crippen molar-refractivity contribution >= 4 is 17.7 Å². The van der Waals surface area contributed by atoms with Crippen molar-refractivity contribution in [1.29, 1.82) is 0 Å². The van der Waals surface area contributed by atoms with Crippen molar-refractivity contribution in [2.45, 2.75) is 64.7 Å². The van der Waals surface area contributed by atoms with Crippen LogP contribution < -0.4 is 11.1 Å². The number of nitrogens with one attached hydrogen (secondary N) is 1. The van der Waals surface area contributed by atoms with Gasteiger partial charge in [-0.1, -0.05) is 50.3 Å². The van der Waals surface area contributed by atoms with Crippen molar-refractivity contribution in [1.82, 2.24) is 10.2 Å². The molecule has 216 valence electrons. The average Bonchev–Trinajstić information content (AvgIpc) is 3.06. The quantitative estimate of drug-likeness (QED) is 0.347. The number of halogens is 3. The first kappa shape index (κ1) is 30.9. The molecule has 0 radical (unpaired) electrons. The van der Waals surface area contributed by atoms with Gasteiger partial charge in [0.15, 0.2) is 0 Å². The zero-order valence-corrected chi connectivity index (χ0v) is 23.0. The highest BCUT2D eigenvalue weighted by molar-refractivity contribution is 5.91. The number of nitrogens with two attached hydrogens (primary N) is 1. The monoisotopic (exact) mass is 557 g/mol. The van der Waals surface area contributed by atoms with Gasteiger partial charge in [-0.2, -0.15) is 13.2 Å². The van der Waals surface area contributed by atoms with Gasteiger partial charge in [-0.05, 0) is 72.9 Å². The zero-order valence-electron chi connectivity index (χ0n) is 23.0. The standard InChI is InChI=1S/C31H38F3N3O3/c1-4-8-25(28(35)38)26(17-20(2)3)29(39)36-27-11-5-6-16-37(30(27)40)19-21-9-7-10-23(18-21)22-12-14-24(15-13-22)31(32,33)34/h4,7,9-10,12-15,18,20,25-27H,1,5-6,8,11,16-17,19H2,2-3H3,(H2,35,38)(H,36,39)/t25?,26?,27-/m0/s1. The second kappa shape index (κ2) is 13.6. The predicted octanol–water partition coefficient (Wildman–Crippen LogP) is 5.71. The van der Waals surface area contributed by atoms with E-state index in [0.717, 1.165) is 36.1 Å². The summed E-state index contributed by atoms with van der Waals surface area (Å²) >= 11 is 0. The van der Waals surface area contributed by atoms with Gasteiger partial charge in [0.1, 0.15) is 6.04 Å². The van der Waals surface area contributed by atoms with E-state index in [0.29, 0.717) is 31.5 Å². The smallest absolute Gasteiger partial charge is 0.369 e. The summed E-state index contributed by atoms with van der Waals surface area (Å²) in [7, 11) is 0. The van der Waals surface area contributed by atoms with E-state index in [1.807, 2.05) is 38.1 Å². The second-order valence-corrected chi connectivity index (χ2v) is 10.9. The lowest BCUT2D eigenvalue weighted by atomic mass is 9.82. The summed E-state index contributed by atoms with van der Waals surface area (Å²) in [5.74, 6) is -2.36. The number of hydrogen-bond donors (Lipinski definition) is 2. The van der Waals surface area contributed by atoms with E-state index in [2.05, 4.69) is 11.9 Å². The van der Waals surface area contributed by atoms with Crippen LogP contribution in [0.1, 0.15) is 57.1 Å². The first-order valence-corrected chi connectivity index (χ1v) is 13.7. The summed E-state index contributed by atoms with van der Waals surface area (Å²) in [5, 5.41) is 2.91. The Morgan fingerprint density at radius 3 is 2.40 bits per heavy atom. The molecule has 2 aromatic carbocycles. The highest BCUT2D eigenvalue weighted by atomic mass is 19.4. The molecule has 1 saturated heterocycles. The summed E-state index contributed by atoms with van der Waals surface area (Å²) in [6.07, 6.45) is -0.0847. The van der Waals surface area contributed by atoms with Gasteiger partial charge in [0.25, 0.3) is 0 Å². The summed E-state index contributed by atoms with van der Waals surface area (Å²) in [5.41, 5.74) is 7.12. The van der Waals surface area contributed by atoms with E-state index < -0.39 is 35.5 Å². The normalized spacial score (nSPS) is 17.7. The molecule has 3 rings (SSSR count). The number of benzene rings is 2. The van der Waals surface area contributed by atoms with Gasteiger partial charge in [0.2, 0.25) is 17.7 Å². The van der Waals surface area contributed by atoms with Crippen molar-refractivity contribution in [3.8, 4) is 11.1 Å². The molecule has 2 aromatic rings. The fourth-order valence-electron chi connectivity index (χ4n) is 5.22. The predicted molar refractivity (Wildman–Crippen MR) is 149 cm³/mol. The molecule has 0 spiro atoms. The fraction of sp³-hybridized carbons (Fsp3) is 0.452. The molecule has 0 aliphatic carbocycles. The summed E-state index contributed by atoms with van der Waals surface area (Å²) in [6.45, 7) is 8.43. The number of carbonyl (C=O) groups is 3. The van der Waals surface area contributed by atoms with Crippen LogP contribution in [0.3, 0.4) is 0 Å². The Balaban J connectivity index is 1.75. The van der Waals surface area contributed by atoms with Crippen molar-refractivity contribution in [2.24, 2.45) is 23.5 Å². The first-order valence-electron chi connectivity index (χ1n) is 13.7. The molecule has 3 N–H and O–H groups in total. The number of primary amides is 1. The van der Waals surface area contributed by atoms with Gasteiger partial charge >= 0.3 is 6.18 Å². The SMILES string of the molecule is C=CCC(C(N)=O)C(CC(C)C)C(=O)N[C@H]1CCCCN(Cc2cccc(-c3ccc(C(F)(F)F)cc3)c2)C1=O. The Morgan fingerprint density at radius 2 is 1.80 bits per heavy atom. The number of carbonyl (C=O) groups excluding carboxylic acids is 3. The highest BCUT2D eigenvalue weighted by Gasteiger charge is 2.36. The largest absolute Gasteiger partial charge is 0.416 e. The van der Waals surface area contributed by atoms with Gasteiger partial charge in [-0.25, -0.2) is 0 Å². The van der Waals surface area contributed by atoms with Gasteiger partial charge < -0.3 is 16.0 Å². The number of alkyl halides is 3. The molecule has 0 bridgehead atoms. The Hall–Kier alpha value is -3.62. The molecule has 9 heteroatoms. The van der Waals surface area contributed by atoms with Crippen LogP contribution in [0.25, 0.3) is 11.1 Å². The first-order chi connectivity index (χ1) is 18.9. The van der Waals surface area contributed by atoms with E-state index in [9.17, 15) is 27.6 Å². The molecule has 40 heavy (non-hydrogen) atoms. The number of hydrogen-bond acceptors (Lipinski definition) is 3. The molecule has 3 amide bonds. The van der Waals surface area contributed by atoms with Crippen LogP contribution in [0.4, 0.5) is 13.2 Å². The number of amides is 3. The Labute approximate surface area is 233 Å². The van der Waals surface area contributed by atoms with Crippen molar-refractivity contribution in [3.05, 3.63) is 72.3 Å². The van der Waals surface area contributed by atoms with Crippen LogP contribution in [-0.2, 0) is 27.1 Å². The van der Waals surface area contributed by atoms with Crippen LogP contribution in [0.5, 0.6) is 0 Å². The highest BCUT2D eigenvalue weighted by Crippen LogP contribution is 2.31. The van der Waals surface area contributed by atoms with E-state index >= 15 is 0 Å². The third kappa shape index (κ3) is 8.19. The van der Waals surface area contributed by atoms with E-state index in [1.165, 1.54) is 12.1 Å². The summed E-state index contributed by atoms with van der Waals surface area (Å²) < 4.78 is 38.8. The number of likely N-dealkylation sites (tertiary alicyclic amines) is 1. The molecule has 1 heterocycles. The van der Waals surface area contributed by atoms with Crippen LogP contribution in [0.15, 0.2) is 61.2 Å². The van der Waals surface area contributed by atoms with Crippen LogP contribution >= 0.6 is 0 Å². The molecular formula is C31H38F3N3O3. The maximum atomic E-state index is 13.5. The number of allylic oxidation sites excluding steroid dienone is 1. The molecule has 3 atom stereocenters. The minimum atomic E-state index is -4.40. The third-order valence-corrected chi connectivity index (χ3v) is 7.28. The molecule has 2 unspecified atom stereocenters. The number of rotatable bonds is 11. The van der Waals surface area contributed by atoms with Crippen molar-refractivity contribution in [3.63, 3.8) is 0 Å². The van der Waals surface area contributed by atoms with Crippen molar-refractivity contribution in [2.75, 3.05) is 6.54 Å². The van der Waals surface area contributed by atoms with E-state index in [1.54, 1.807) is 11.0 Å². The van der Waals surface area contributed by atoms with Crippen LogP contribution in [-0.4, -0.2) is 35.2 Å². The zero-order chi connectivity index (χ0) is 29.4.